The first-order chi connectivity index (χ1) is 19.2. The summed E-state index contributed by atoms with van der Waals surface area (Å²) in [5.41, 5.74) is 0.0335. The largest absolute Gasteiger partial charge is 0.519 e. The molecule has 2 aromatic heterocycles. The van der Waals surface area contributed by atoms with Crippen molar-refractivity contribution in [3.63, 3.8) is 0 Å². The van der Waals surface area contributed by atoms with Gasteiger partial charge in [0.15, 0.2) is 0 Å². The number of fused-ring (bicyclic) bond motifs is 2. The number of ether oxygens (including phenoxy) is 4. The van der Waals surface area contributed by atoms with Gasteiger partial charge >= 0.3 is 18.4 Å². The maximum atomic E-state index is 11.9. The van der Waals surface area contributed by atoms with E-state index in [9.17, 15) is 14.4 Å². The van der Waals surface area contributed by atoms with Gasteiger partial charge < -0.3 is 23.9 Å². The first kappa shape index (κ1) is 34.5. The molecule has 42 heavy (non-hydrogen) atoms. The zero-order valence-electron chi connectivity index (χ0n) is 25.3. The number of hydrogen-bond donors (Lipinski definition) is 1. The zero-order chi connectivity index (χ0) is 31.9. The Hall–Kier alpha value is -3.69. The number of halogens is 2. The highest BCUT2D eigenvalue weighted by molar-refractivity contribution is 6.31. The highest BCUT2D eigenvalue weighted by atomic mass is 35.5. The number of H-pyrrole nitrogens is 1. The van der Waals surface area contributed by atoms with Crippen LogP contribution >= 0.6 is 23.2 Å². The monoisotopic (exact) mass is 620 g/mol. The normalized spacial score (nSPS) is 11.5. The number of nitrogens with zero attached hydrogens (tertiary/aromatic N) is 1. The van der Waals surface area contributed by atoms with Crippen LogP contribution in [0.2, 0.25) is 10.0 Å². The van der Waals surface area contributed by atoms with Gasteiger partial charge in [-0.25, -0.2) is 14.4 Å². The Balaban J connectivity index is 0.000000227. The van der Waals surface area contributed by atoms with Crippen molar-refractivity contribution in [3.8, 4) is 0 Å². The Morgan fingerprint density at radius 2 is 1.17 bits per heavy atom. The number of nitrogens with one attached hydrogen (secondary N) is 1. The third-order valence-electron chi connectivity index (χ3n) is 4.70. The van der Waals surface area contributed by atoms with Gasteiger partial charge in [-0.15, -0.1) is 0 Å². The molecule has 0 aliphatic rings. The van der Waals surface area contributed by atoms with Crippen molar-refractivity contribution in [2.24, 2.45) is 0 Å². The van der Waals surface area contributed by atoms with Crippen LogP contribution in [0.15, 0.2) is 60.9 Å². The van der Waals surface area contributed by atoms with Gasteiger partial charge in [-0.05, 0) is 111 Å². The number of aromatic amines is 1. The first-order valence-corrected chi connectivity index (χ1v) is 13.8. The van der Waals surface area contributed by atoms with Crippen LogP contribution < -0.4 is 0 Å². The molecule has 0 amide bonds. The SMILES string of the molecule is CC(C)(C)OC(=O)OC(=O)OC(C)(C)C.CC(C)(C)OC(=O)n1ccc2cc(Cl)ccc21.Clc1ccc2[nH]ccc2c1. The van der Waals surface area contributed by atoms with E-state index >= 15 is 0 Å². The lowest BCUT2D eigenvalue weighted by atomic mass is 10.2. The molecular formula is C31H38Cl2N2O7. The minimum Gasteiger partial charge on any atom is -0.443 e. The summed E-state index contributed by atoms with van der Waals surface area (Å²) in [6.07, 6.45) is 1.10. The second kappa shape index (κ2) is 14.0. The van der Waals surface area contributed by atoms with Crippen molar-refractivity contribution in [1.82, 2.24) is 9.55 Å². The molecule has 4 aromatic rings. The maximum absolute atomic E-state index is 11.9. The standard InChI is InChI=1S/C13H14ClNO2.C10H18O5.C8H6ClN/c1-13(2,3)17-12(16)15-7-6-9-8-10(14)4-5-11(9)15;1-9(2,3)14-7(11)13-8(12)15-10(4,5)6;9-7-1-2-8-6(5-7)3-4-10-8/h4-8H,1-3H3;1-6H3;1-5,10H. The molecule has 11 heteroatoms. The molecule has 2 heterocycles. The van der Waals surface area contributed by atoms with Crippen molar-refractivity contribution in [2.75, 3.05) is 0 Å². The van der Waals surface area contributed by atoms with Gasteiger partial charge in [0.05, 0.1) is 5.52 Å². The fourth-order valence-corrected chi connectivity index (χ4v) is 3.58. The molecule has 2 aromatic carbocycles. The Labute approximate surface area is 256 Å². The molecule has 4 rings (SSSR count). The van der Waals surface area contributed by atoms with Crippen LogP contribution in [0, 0.1) is 0 Å². The molecule has 0 saturated carbocycles. The molecule has 0 spiro atoms. The van der Waals surface area contributed by atoms with Gasteiger partial charge in [-0.2, -0.15) is 0 Å². The van der Waals surface area contributed by atoms with Gasteiger partial charge in [-0.3, -0.25) is 4.57 Å². The Kier molecular flexibility index (Phi) is 11.5. The quantitative estimate of drug-likeness (QED) is 0.118. The van der Waals surface area contributed by atoms with Crippen LogP contribution in [-0.2, 0) is 18.9 Å². The van der Waals surface area contributed by atoms with E-state index in [-0.39, 0.29) is 6.09 Å². The van der Waals surface area contributed by atoms with Crippen LogP contribution in [0.5, 0.6) is 0 Å². The lowest BCUT2D eigenvalue weighted by Gasteiger charge is -2.20. The van der Waals surface area contributed by atoms with Crippen LogP contribution in [0.3, 0.4) is 0 Å². The van der Waals surface area contributed by atoms with Crippen molar-refractivity contribution < 1.29 is 33.3 Å². The number of rotatable bonds is 0. The van der Waals surface area contributed by atoms with Crippen LogP contribution in [0.25, 0.3) is 21.8 Å². The number of benzene rings is 2. The Morgan fingerprint density at radius 3 is 1.69 bits per heavy atom. The van der Waals surface area contributed by atoms with E-state index in [1.165, 1.54) is 4.57 Å². The molecule has 228 valence electrons. The summed E-state index contributed by atoms with van der Waals surface area (Å²) in [7, 11) is 0. The summed E-state index contributed by atoms with van der Waals surface area (Å²) < 4.78 is 20.6. The Bertz CT molecular complexity index is 1490. The highest BCUT2D eigenvalue weighted by Gasteiger charge is 2.24. The van der Waals surface area contributed by atoms with E-state index in [1.54, 1.807) is 53.8 Å². The molecule has 9 nitrogen and oxygen atoms in total. The van der Waals surface area contributed by atoms with Crippen molar-refractivity contribution in [2.45, 2.75) is 79.1 Å². The third-order valence-corrected chi connectivity index (χ3v) is 5.17. The molecule has 0 aliphatic heterocycles. The molecule has 0 unspecified atom stereocenters. The molecular weight excluding hydrogens is 583 g/mol. The van der Waals surface area contributed by atoms with E-state index < -0.39 is 29.1 Å². The van der Waals surface area contributed by atoms with Gasteiger partial charge in [-0.1, -0.05) is 23.2 Å². The number of aromatic nitrogens is 2. The van der Waals surface area contributed by atoms with Crippen molar-refractivity contribution in [3.05, 3.63) is 71.0 Å². The van der Waals surface area contributed by atoms with Gasteiger partial charge in [0.25, 0.3) is 0 Å². The smallest absolute Gasteiger partial charge is 0.443 e. The van der Waals surface area contributed by atoms with Crippen LogP contribution in [0.4, 0.5) is 14.4 Å². The molecule has 0 bridgehead atoms. The number of carbonyl (C=O) groups excluding carboxylic acids is 3. The summed E-state index contributed by atoms with van der Waals surface area (Å²) in [5.74, 6) is 0. The van der Waals surface area contributed by atoms with Crippen molar-refractivity contribution >= 4 is 63.4 Å². The average Bonchev–Trinajstić information content (AvgIpc) is 3.42. The van der Waals surface area contributed by atoms with E-state index in [4.69, 9.17) is 37.4 Å². The fraction of sp³-hybridized carbons (Fsp3) is 0.387. The third kappa shape index (κ3) is 12.4. The summed E-state index contributed by atoms with van der Waals surface area (Å²) in [5, 5.41) is 3.52. The van der Waals surface area contributed by atoms with Gasteiger partial charge in [0.1, 0.15) is 16.8 Å². The summed E-state index contributed by atoms with van der Waals surface area (Å²) in [6, 6.07) is 15.0. The topological polar surface area (TPSA) is 109 Å². The highest BCUT2D eigenvalue weighted by Crippen LogP contribution is 2.22. The molecule has 0 aliphatic carbocycles. The summed E-state index contributed by atoms with van der Waals surface area (Å²) >= 11 is 11.7. The fourth-order valence-electron chi connectivity index (χ4n) is 3.22. The minimum atomic E-state index is -1.06. The van der Waals surface area contributed by atoms with E-state index in [0.717, 1.165) is 26.8 Å². The molecule has 0 atom stereocenters. The lowest BCUT2D eigenvalue weighted by molar-refractivity contribution is -0.0294. The maximum Gasteiger partial charge on any atom is 0.519 e. The predicted molar refractivity (Wildman–Crippen MR) is 165 cm³/mol. The molecule has 0 radical (unpaired) electrons. The predicted octanol–water partition coefficient (Wildman–Crippen LogP) is 9.77. The van der Waals surface area contributed by atoms with E-state index in [0.29, 0.717) is 5.02 Å². The lowest BCUT2D eigenvalue weighted by Crippen LogP contribution is -2.29. The summed E-state index contributed by atoms with van der Waals surface area (Å²) in [4.78, 5) is 37.0. The van der Waals surface area contributed by atoms with Gasteiger partial charge in [0.2, 0.25) is 0 Å². The summed E-state index contributed by atoms with van der Waals surface area (Å²) in [6.45, 7) is 15.5. The number of hydrogen-bond acceptors (Lipinski definition) is 7. The Morgan fingerprint density at radius 1 is 0.667 bits per heavy atom. The minimum absolute atomic E-state index is 0.380. The van der Waals surface area contributed by atoms with Crippen LogP contribution in [0.1, 0.15) is 62.3 Å². The number of carbonyl (C=O) groups is 3. The van der Waals surface area contributed by atoms with Crippen molar-refractivity contribution in [1.29, 1.82) is 0 Å². The van der Waals surface area contributed by atoms with E-state index in [1.807, 2.05) is 69.4 Å². The molecule has 1 N–H and O–H groups in total. The van der Waals surface area contributed by atoms with Gasteiger partial charge in [0, 0.05) is 38.7 Å². The van der Waals surface area contributed by atoms with E-state index in [2.05, 4.69) is 9.72 Å². The molecule has 0 saturated heterocycles. The zero-order valence-corrected chi connectivity index (χ0v) is 26.8. The van der Waals surface area contributed by atoms with Crippen LogP contribution in [-0.4, -0.2) is 44.8 Å². The first-order valence-electron chi connectivity index (χ1n) is 13.1. The average molecular weight is 622 g/mol. The molecule has 0 fully saturated rings. The second-order valence-electron chi connectivity index (χ2n) is 12.1. The second-order valence-corrected chi connectivity index (χ2v) is 13.0.